The van der Waals surface area contributed by atoms with E-state index in [0.29, 0.717) is 25.3 Å². The number of ether oxygens (including phenoxy) is 1. The second-order valence-electron chi connectivity index (χ2n) is 6.84. The molecule has 0 aliphatic rings. The van der Waals surface area contributed by atoms with Gasteiger partial charge in [-0.05, 0) is 48.9 Å². The molecule has 0 spiro atoms. The van der Waals surface area contributed by atoms with Crippen molar-refractivity contribution < 1.29 is 13.9 Å². The lowest BCUT2D eigenvalue weighted by Gasteiger charge is -2.23. The second kappa shape index (κ2) is 9.33. The highest BCUT2D eigenvalue weighted by Gasteiger charge is 2.17. The Hall–Kier alpha value is -2.92. The smallest absolute Gasteiger partial charge is 0.254 e. The van der Waals surface area contributed by atoms with Gasteiger partial charge >= 0.3 is 0 Å². The van der Waals surface area contributed by atoms with Gasteiger partial charge in [-0.15, -0.1) is 0 Å². The minimum absolute atomic E-state index is 0.139. The lowest BCUT2D eigenvalue weighted by Crippen LogP contribution is -2.34. The van der Waals surface area contributed by atoms with Crippen LogP contribution in [0.5, 0.6) is 0 Å². The number of benzene rings is 2. The number of methoxy groups -OCH3 is 1. The number of amides is 1. The van der Waals surface area contributed by atoms with Crippen LogP contribution in [0.3, 0.4) is 0 Å². The van der Waals surface area contributed by atoms with Crippen molar-refractivity contribution in [2.45, 2.75) is 20.0 Å². The third-order valence-corrected chi connectivity index (χ3v) is 4.69. The van der Waals surface area contributed by atoms with Crippen LogP contribution in [-0.4, -0.2) is 35.6 Å². The number of hydrogen-bond acceptors (Lipinski definition) is 2. The van der Waals surface area contributed by atoms with E-state index in [1.54, 1.807) is 12.0 Å². The molecule has 0 fully saturated rings. The van der Waals surface area contributed by atoms with Gasteiger partial charge in [0.1, 0.15) is 5.82 Å². The Bertz CT molecular complexity index is 901. The molecule has 0 radical (unpaired) electrons. The fourth-order valence-corrected chi connectivity index (χ4v) is 3.06. The number of aromatic nitrogens is 1. The van der Waals surface area contributed by atoms with Gasteiger partial charge in [-0.25, -0.2) is 4.39 Å². The molecule has 0 bridgehead atoms. The predicted octanol–water partition coefficient (Wildman–Crippen LogP) is 4.27. The zero-order chi connectivity index (χ0) is 19.9. The van der Waals surface area contributed by atoms with Crippen LogP contribution >= 0.6 is 0 Å². The number of hydrogen-bond donors (Lipinski definition) is 0. The van der Waals surface area contributed by atoms with Gasteiger partial charge < -0.3 is 14.2 Å². The van der Waals surface area contributed by atoms with Crippen molar-refractivity contribution in [1.82, 2.24) is 9.47 Å². The molecule has 0 saturated carbocycles. The highest BCUT2D eigenvalue weighted by atomic mass is 19.1. The van der Waals surface area contributed by atoms with E-state index in [-0.39, 0.29) is 11.7 Å². The third kappa shape index (κ3) is 5.08. The first kappa shape index (κ1) is 19.8. The van der Waals surface area contributed by atoms with E-state index in [0.717, 1.165) is 12.2 Å². The summed E-state index contributed by atoms with van der Waals surface area (Å²) in [7, 11) is 1.61. The Balaban J connectivity index is 1.77. The number of rotatable bonds is 8. The lowest BCUT2D eigenvalue weighted by molar-refractivity contribution is 0.0676. The highest BCUT2D eigenvalue weighted by molar-refractivity contribution is 5.94. The molecule has 2 aromatic carbocycles. The Morgan fingerprint density at radius 1 is 1.07 bits per heavy atom. The topological polar surface area (TPSA) is 34.5 Å². The van der Waals surface area contributed by atoms with Gasteiger partial charge in [0.25, 0.3) is 5.91 Å². The van der Waals surface area contributed by atoms with Crippen molar-refractivity contribution in [2.24, 2.45) is 0 Å². The second-order valence-corrected chi connectivity index (χ2v) is 6.84. The molecule has 28 heavy (non-hydrogen) atoms. The molecule has 4 nitrogen and oxygen atoms in total. The van der Waals surface area contributed by atoms with Crippen LogP contribution in [0.1, 0.15) is 27.2 Å². The maximum Gasteiger partial charge on any atom is 0.254 e. The van der Waals surface area contributed by atoms with Crippen molar-refractivity contribution in [1.29, 1.82) is 0 Å². The quantitative estimate of drug-likeness (QED) is 0.585. The van der Waals surface area contributed by atoms with Gasteiger partial charge in [0, 0.05) is 37.7 Å². The normalized spacial score (nSPS) is 10.8. The maximum absolute atomic E-state index is 13.2. The molecule has 0 N–H and O–H groups in total. The summed E-state index contributed by atoms with van der Waals surface area (Å²) >= 11 is 0. The van der Waals surface area contributed by atoms with Crippen molar-refractivity contribution in [3.63, 3.8) is 0 Å². The molecule has 3 aromatic rings. The van der Waals surface area contributed by atoms with E-state index >= 15 is 0 Å². The largest absolute Gasteiger partial charge is 0.383 e. The summed E-state index contributed by atoms with van der Waals surface area (Å²) in [6, 6.07) is 18.1. The highest BCUT2D eigenvalue weighted by Crippen LogP contribution is 2.14. The monoisotopic (exact) mass is 380 g/mol. The van der Waals surface area contributed by atoms with Crippen LogP contribution in [-0.2, 0) is 17.8 Å². The third-order valence-electron chi connectivity index (χ3n) is 4.69. The summed E-state index contributed by atoms with van der Waals surface area (Å²) in [5.74, 6) is -0.493. The van der Waals surface area contributed by atoms with Crippen molar-refractivity contribution >= 4 is 5.91 Å². The molecule has 3 rings (SSSR count). The summed E-state index contributed by atoms with van der Waals surface area (Å²) in [6.07, 6.45) is 2.02. The molecule has 0 unspecified atom stereocenters. The summed E-state index contributed by atoms with van der Waals surface area (Å²) in [6.45, 7) is 4.16. The minimum Gasteiger partial charge on any atom is -0.383 e. The molecule has 0 saturated heterocycles. The minimum atomic E-state index is -0.355. The predicted molar refractivity (Wildman–Crippen MR) is 108 cm³/mol. The molecule has 1 heterocycles. The van der Waals surface area contributed by atoms with Crippen LogP contribution in [0.2, 0.25) is 0 Å². The Labute approximate surface area is 165 Å². The number of carbonyl (C=O) groups excluding carboxylic acids is 1. The summed E-state index contributed by atoms with van der Waals surface area (Å²) in [4.78, 5) is 14.7. The molecule has 0 aliphatic carbocycles. The average Bonchev–Trinajstić information content (AvgIpc) is 3.13. The SMILES string of the molecule is COCCN(Cc1cccn1Cc1ccc(C)cc1)C(=O)c1ccc(F)cc1. The fraction of sp³-hybridized carbons (Fsp3) is 0.261. The van der Waals surface area contributed by atoms with Crippen LogP contribution in [0.15, 0.2) is 66.9 Å². The zero-order valence-corrected chi connectivity index (χ0v) is 16.3. The van der Waals surface area contributed by atoms with Gasteiger partial charge in [-0.1, -0.05) is 29.8 Å². The van der Waals surface area contributed by atoms with E-state index in [4.69, 9.17) is 4.74 Å². The molecule has 146 valence electrons. The standard InChI is InChI=1S/C23H25FN2O2/c1-18-5-7-19(8-6-18)16-25-13-3-4-22(25)17-26(14-15-28-2)23(27)20-9-11-21(24)12-10-20/h3-13H,14-17H2,1-2H3. The fourth-order valence-electron chi connectivity index (χ4n) is 3.06. The van der Waals surface area contributed by atoms with E-state index in [2.05, 4.69) is 35.8 Å². The molecular weight excluding hydrogens is 355 g/mol. The summed E-state index contributed by atoms with van der Waals surface area (Å²) < 4.78 is 20.5. The average molecular weight is 380 g/mol. The van der Waals surface area contributed by atoms with Crippen molar-refractivity contribution in [2.75, 3.05) is 20.3 Å². The van der Waals surface area contributed by atoms with Crippen LogP contribution < -0.4 is 0 Å². The van der Waals surface area contributed by atoms with Gasteiger partial charge in [0.05, 0.1) is 13.2 Å². The van der Waals surface area contributed by atoms with Gasteiger partial charge in [-0.2, -0.15) is 0 Å². The summed E-state index contributed by atoms with van der Waals surface area (Å²) in [5, 5.41) is 0. The first-order valence-electron chi connectivity index (χ1n) is 9.30. The lowest BCUT2D eigenvalue weighted by atomic mass is 10.1. The zero-order valence-electron chi connectivity index (χ0n) is 16.3. The molecule has 0 atom stereocenters. The number of nitrogens with zero attached hydrogens (tertiary/aromatic N) is 2. The van der Waals surface area contributed by atoms with Gasteiger partial charge in [0.15, 0.2) is 0 Å². The van der Waals surface area contributed by atoms with E-state index in [1.807, 2.05) is 18.3 Å². The molecule has 1 aromatic heterocycles. The van der Waals surface area contributed by atoms with Crippen LogP contribution in [0.25, 0.3) is 0 Å². The van der Waals surface area contributed by atoms with Crippen molar-refractivity contribution in [3.8, 4) is 0 Å². The first-order valence-corrected chi connectivity index (χ1v) is 9.30. The molecule has 5 heteroatoms. The number of carbonyl (C=O) groups is 1. The van der Waals surface area contributed by atoms with Crippen LogP contribution in [0, 0.1) is 12.7 Å². The Morgan fingerprint density at radius 3 is 2.46 bits per heavy atom. The summed E-state index contributed by atoms with van der Waals surface area (Å²) in [5.41, 5.74) is 3.93. The number of halogens is 1. The molecule has 0 aliphatic heterocycles. The first-order chi connectivity index (χ1) is 13.6. The van der Waals surface area contributed by atoms with E-state index in [9.17, 15) is 9.18 Å². The Morgan fingerprint density at radius 2 is 1.79 bits per heavy atom. The van der Waals surface area contributed by atoms with Gasteiger partial charge in [-0.3, -0.25) is 4.79 Å². The van der Waals surface area contributed by atoms with Crippen molar-refractivity contribution in [3.05, 3.63) is 95.1 Å². The molecular formula is C23H25FN2O2. The van der Waals surface area contributed by atoms with Gasteiger partial charge in [0.2, 0.25) is 0 Å². The maximum atomic E-state index is 13.2. The van der Waals surface area contributed by atoms with Crippen LogP contribution in [0.4, 0.5) is 4.39 Å². The van der Waals surface area contributed by atoms with E-state index < -0.39 is 0 Å². The Kier molecular flexibility index (Phi) is 6.61. The number of aryl methyl sites for hydroxylation is 1. The molecule has 1 amide bonds. The van der Waals surface area contributed by atoms with E-state index in [1.165, 1.54) is 35.4 Å².